The highest BCUT2D eigenvalue weighted by atomic mass is 35.5. The minimum atomic E-state index is -3.66. The second-order valence-corrected chi connectivity index (χ2v) is 9.41. The van der Waals surface area contributed by atoms with Crippen molar-refractivity contribution in [1.82, 2.24) is 9.29 Å². The number of thiazole rings is 1. The first-order valence-electron chi connectivity index (χ1n) is 8.19. The van der Waals surface area contributed by atoms with Crippen molar-refractivity contribution in [2.75, 3.05) is 6.54 Å². The minimum absolute atomic E-state index is 0.171. The van der Waals surface area contributed by atoms with Gasteiger partial charge in [0.05, 0.1) is 21.3 Å². The summed E-state index contributed by atoms with van der Waals surface area (Å²) in [7, 11) is -3.66. The van der Waals surface area contributed by atoms with E-state index >= 15 is 0 Å². The zero-order valence-electron chi connectivity index (χ0n) is 13.4. The van der Waals surface area contributed by atoms with Crippen LogP contribution in [0, 0.1) is 0 Å². The Morgan fingerprint density at radius 3 is 2.64 bits per heavy atom. The van der Waals surface area contributed by atoms with Crippen molar-refractivity contribution in [3.63, 3.8) is 0 Å². The number of halogens is 1. The number of rotatable bonds is 3. The predicted octanol–water partition coefficient (Wildman–Crippen LogP) is 4.87. The fourth-order valence-corrected chi connectivity index (χ4v) is 6.59. The lowest BCUT2D eigenvalue weighted by Crippen LogP contribution is -2.38. The predicted molar refractivity (Wildman–Crippen MR) is 102 cm³/mol. The molecule has 0 saturated carbocycles. The van der Waals surface area contributed by atoms with E-state index in [1.54, 1.807) is 39.9 Å². The average molecular weight is 393 g/mol. The second kappa shape index (κ2) is 6.68. The molecule has 4 nitrogen and oxygen atoms in total. The molecule has 25 heavy (non-hydrogen) atoms. The maximum atomic E-state index is 13.2. The fraction of sp³-hybridized carbons (Fsp3) is 0.278. The molecule has 0 amide bonds. The summed E-state index contributed by atoms with van der Waals surface area (Å²) in [6.07, 6.45) is 2.63. The molecule has 3 aromatic rings. The van der Waals surface area contributed by atoms with Crippen molar-refractivity contribution in [1.29, 1.82) is 0 Å². The monoisotopic (exact) mass is 392 g/mol. The van der Waals surface area contributed by atoms with Gasteiger partial charge in [0.2, 0.25) is 10.0 Å². The molecule has 0 spiro atoms. The molecule has 0 bridgehead atoms. The summed E-state index contributed by atoms with van der Waals surface area (Å²) in [4.78, 5) is 4.87. The first-order valence-corrected chi connectivity index (χ1v) is 10.8. The Hall–Kier alpha value is -1.47. The molecular formula is C18H17ClN2O2S2. The largest absolute Gasteiger partial charge is 0.245 e. The molecule has 2 heterocycles. The molecule has 1 atom stereocenters. The number of hydrogen-bond donors (Lipinski definition) is 0. The number of aromatic nitrogens is 1. The number of piperidine rings is 1. The van der Waals surface area contributed by atoms with E-state index in [1.165, 1.54) is 0 Å². The van der Waals surface area contributed by atoms with Gasteiger partial charge in [-0.2, -0.15) is 4.31 Å². The number of benzene rings is 2. The highest BCUT2D eigenvalue weighted by Gasteiger charge is 2.36. The Balaban J connectivity index is 1.78. The summed E-state index contributed by atoms with van der Waals surface area (Å²) in [6.45, 7) is 0.494. The molecule has 7 heteroatoms. The van der Waals surface area contributed by atoms with Crippen molar-refractivity contribution in [2.24, 2.45) is 0 Å². The topological polar surface area (TPSA) is 50.3 Å². The molecule has 0 radical (unpaired) electrons. The van der Waals surface area contributed by atoms with Crippen molar-refractivity contribution >= 4 is 43.2 Å². The molecule has 1 aliphatic heterocycles. The van der Waals surface area contributed by atoms with E-state index in [9.17, 15) is 8.42 Å². The van der Waals surface area contributed by atoms with Crippen LogP contribution in [0.1, 0.15) is 30.3 Å². The molecule has 1 aliphatic rings. The second-order valence-electron chi connectivity index (χ2n) is 6.08. The van der Waals surface area contributed by atoms with Gasteiger partial charge < -0.3 is 0 Å². The van der Waals surface area contributed by atoms with Crippen molar-refractivity contribution in [3.8, 4) is 0 Å². The van der Waals surface area contributed by atoms with Crippen LogP contribution >= 0.6 is 22.9 Å². The standard InChI is InChI=1S/C18H17ClN2O2S2/c19-13-7-1-4-11-17(13)25(22,23)21-12-6-5-9-15(21)18-20-14-8-2-3-10-16(14)24-18/h1-4,7-8,10-11,15H,5-6,9,12H2/t15-/m1/s1. The maximum absolute atomic E-state index is 13.2. The number of nitrogens with zero attached hydrogens (tertiary/aromatic N) is 2. The number of sulfonamides is 1. The smallest absolute Gasteiger partial charge is 0.239 e. The van der Waals surface area contributed by atoms with Crippen LogP contribution in [0.2, 0.25) is 5.02 Å². The van der Waals surface area contributed by atoms with Crippen molar-refractivity contribution in [2.45, 2.75) is 30.2 Å². The van der Waals surface area contributed by atoms with Crippen molar-refractivity contribution in [3.05, 3.63) is 58.6 Å². The molecule has 4 rings (SSSR count). The lowest BCUT2D eigenvalue weighted by molar-refractivity contribution is 0.255. The van der Waals surface area contributed by atoms with E-state index in [4.69, 9.17) is 16.6 Å². The molecule has 0 unspecified atom stereocenters. The highest BCUT2D eigenvalue weighted by molar-refractivity contribution is 7.89. The molecule has 1 aromatic heterocycles. The van der Waals surface area contributed by atoms with Crippen LogP contribution in [-0.4, -0.2) is 24.3 Å². The normalized spacial score (nSPS) is 19.3. The summed E-state index contributed by atoms with van der Waals surface area (Å²) in [5.74, 6) is 0. The lowest BCUT2D eigenvalue weighted by Gasteiger charge is -2.33. The molecular weight excluding hydrogens is 376 g/mol. The maximum Gasteiger partial charge on any atom is 0.245 e. The van der Waals surface area contributed by atoms with Crippen LogP contribution in [0.15, 0.2) is 53.4 Å². The van der Waals surface area contributed by atoms with E-state index in [2.05, 4.69) is 0 Å². The summed E-state index contributed by atoms with van der Waals surface area (Å²) < 4.78 is 29.1. The SMILES string of the molecule is O=S(=O)(c1ccccc1Cl)N1CCCC[C@@H]1c1nc2ccccc2s1. The third-order valence-electron chi connectivity index (χ3n) is 4.47. The van der Waals surface area contributed by atoms with E-state index in [0.29, 0.717) is 6.54 Å². The molecule has 1 fully saturated rings. The Bertz CT molecular complexity index is 984. The zero-order valence-corrected chi connectivity index (χ0v) is 15.8. The van der Waals surface area contributed by atoms with E-state index < -0.39 is 10.0 Å². The molecule has 0 N–H and O–H groups in total. The van der Waals surface area contributed by atoms with Gasteiger partial charge in [-0.1, -0.05) is 42.3 Å². The number of fused-ring (bicyclic) bond motifs is 1. The van der Waals surface area contributed by atoms with Gasteiger partial charge in [-0.05, 0) is 37.1 Å². The Labute approximate surface area is 156 Å². The number of para-hydroxylation sites is 1. The van der Waals surface area contributed by atoms with Crippen LogP contribution in [0.3, 0.4) is 0 Å². The van der Waals surface area contributed by atoms with Gasteiger partial charge >= 0.3 is 0 Å². The van der Waals surface area contributed by atoms with E-state index in [1.807, 2.05) is 24.3 Å². The molecule has 2 aromatic carbocycles. The van der Waals surface area contributed by atoms with Gasteiger partial charge in [0, 0.05) is 6.54 Å². The summed E-state index contributed by atoms with van der Waals surface area (Å²) >= 11 is 7.74. The zero-order chi connectivity index (χ0) is 17.4. The summed E-state index contributed by atoms with van der Waals surface area (Å²) in [6, 6.07) is 14.3. The molecule has 130 valence electrons. The average Bonchev–Trinajstić information content (AvgIpc) is 3.06. The third kappa shape index (κ3) is 3.08. The van der Waals surface area contributed by atoms with Gasteiger partial charge in [-0.3, -0.25) is 0 Å². The van der Waals surface area contributed by atoms with Crippen LogP contribution in [0.5, 0.6) is 0 Å². The Morgan fingerprint density at radius 2 is 1.84 bits per heavy atom. The van der Waals surface area contributed by atoms with Crippen LogP contribution in [0.4, 0.5) is 0 Å². The minimum Gasteiger partial charge on any atom is -0.239 e. The molecule has 1 saturated heterocycles. The Morgan fingerprint density at radius 1 is 1.08 bits per heavy atom. The van der Waals surface area contributed by atoms with Gasteiger partial charge in [-0.25, -0.2) is 13.4 Å². The van der Waals surface area contributed by atoms with Gasteiger partial charge in [-0.15, -0.1) is 11.3 Å². The van der Waals surface area contributed by atoms with Gasteiger partial charge in [0.25, 0.3) is 0 Å². The van der Waals surface area contributed by atoms with Gasteiger partial charge in [0.1, 0.15) is 9.90 Å². The highest BCUT2D eigenvalue weighted by Crippen LogP contribution is 2.39. The first kappa shape index (κ1) is 17.0. The van der Waals surface area contributed by atoms with Gasteiger partial charge in [0.15, 0.2) is 0 Å². The Kier molecular flexibility index (Phi) is 4.54. The first-order chi connectivity index (χ1) is 12.1. The fourth-order valence-electron chi connectivity index (χ4n) is 3.25. The summed E-state index contributed by atoms with van der Waals surface area (Å²) in [5, 5.41) is 1.12. The van der Waals surface area contributed by atoms with Crippen LogP contribution in [-0.2, 0) is 10.0 Å². The number of hydrogen-bond acceptors (Lipinski definition) is 4. The van der Waals surface area contributed by atoms with Crippen LogP contribution < -0.4 is 0 Å². The quantitative estimate of drug-likeness (QED) is 0.639. The lowest BCUT2D eigenvalue weighted by atomic mass is 10.1. The van der Waals surface area contributed by atoms with E-state index in [0.717, 1.165) is 34.5 Å². The van der Waals surface area contributed by atoms with E-state index in [-0.39, 0.29) is 16.0 Å². The van der Waals surface area contributed by atoms with Crippen LogP contribution in [0.25, 0.3) is 10.2 Å². The summed E-state index contributed by atoms with van der Waals surface area (Å²) in [5.41, 5.74) is 0.920. The third-order valence-corrected chi connectivity index (χ3v) is 8.02. The molecule has 0 aliphatic carbocycles. The van der Waals surface area contributed by atoms with Crippen molar-refractivity contribution < 1.29 is 8.42 Å².